The number of nitrogens with one attached hydrogen (secondary N) is 1. The van der Waals surface area contributed by atoms with Gasteiger partial charge in [0.25, 0.3) is 0 Å². The average Bonchev–Trinajstić information content (AvgIpc) is 2.54. The first-order chi connectivity index (χ1) is 11.9. The summed E-state index contributed by atoms with van der Waals surface area (Å²) in [6.07, 6.45) is 2.25. The molecule has 1 aromatic carbocycles. The fourth-order valence-corrected chi connectivity index (χ4v) is 2.06. The molecule has 136 valence electrons. The Bertz CT molecular complexity index is 640. The summed E-state index contributed by atoms with van der Waals surface area (Å²) in [4.78, 5) is 33.4. The standard InChI is InChI=1S/C17H21NO7/c19-6-8-25-7-5-18-15(20)4-2-12-1-3-13(10-16(21)22)14(9-12)11-17(23)24/h1-4,9,19H,5-8,10-11H2,(H,18,20)(H,21,22)(H,23,24)/b4-2+. The third-order valence-electron chi connectivity index (χ3n) is 3.12. The summed E-state index contributed by atoms with van der Waals surface area (Å²) in [6.45, 7) is 0.711. The Hall–Kier alpha value is -2.71. The van der Waals surface area contributed by atoms with Crippen molar-refractivity contribution in [3.05, 3.63) is 41.0 Å². The molecule has 0 saturated carbocycles. The van der Waals surface area contributed by atoms with Crippen molar-refractivity contribution in [2.24, 2.45) is 0 Å². The Morgan fingerprint density at radius 2 is 1.72 bits per heavy atom. The highest BCUT2D eigenvalue weighted by Gasteiger charge is 2.10. The number of hydrogen-bond acceptors (Lipinski definition) is 5. The molecule has 0 radical (unpaired) electrons. The molecule has 0 heterocycles. The number of aliphatic hydroxyl groups excluding tert-OH is 1. The zero-order chi connectivity index (χ0) is 18.7. The van der Waals surface area contributed by atoms with Crippen molar-refractivity contribution >= 4 is 23.9 Å². The van der Waals surface area contributed by atoms with Crippen molar-refractivity contribution in [1.82, 2.24) is 5.32 Å². The molecule has 1 rings (SSSR count). The van der Waals surface area contributed by atoms with Crippen molar-refractivity contribution in [3.8, 4) is 0 Å². The molecule has 0 spiro atoms. The van der Waals surface area contributed by atoms with Gasteiger partial charge in [-0.05, 0) is 22.8 Å². The van der Waals surface area contributed by atoms with E-state index in [1.165, 1.54) is 12.2 Å². The van der Waals surface area contributed by atoms with Gasteiger partial charge in [-0.15, -0.1) is 0 Å². The van der Waals surface area contributed by atoms with Crippen LogP contribution in [0, 0.1) is 0 Å². The van der Waals surface area contributed by atoms with E-state index in [0.717, 1.165) is 0 Å². The minimum absolute atomic E-state index is 0.0790. The minimum Gasteiger partial charge on any atom is -0.481 e. The van der Waals surface area contributed by atoms with E-state index in [2.05, 4.69) is 5.32 Å². The van der Waals surface area contributed by atoms with E-state index in [1.807, 2.05) is 0 Å². The minimum atomic E-state index is -1.06. The molecule has 0 aliphatic heterocycles. The van der Waals surface area contributed by atoms with Gasteiger partial charge >= 0.3 is 11.9 Å². The molecule has 0 saturated heterocycles. The van der Waals surface area contributed by atoms with Crippen molar-refractivity contribution < 1.29 is 34.4 Å². The first-order valence-electron chi connectivity index (χ1n) is 7.62. The van der Waals surface area contributed by atoms with Gasteiger partial charge in [-0.25, -0.2) is 0 Å². The Kier molecular flexibility index (Phi) is 8.91. The summed E-state index contributed by atoms with van der Waals surface area (Å²) in [5.74, 6) is -2.45. The quantitative estimate of drug-likeness (QED) is 0.328. The molecule has 1 aromatic rings. The monoisotopic (exact) mass is 351 g/mol. The van der Waals surface area contributed by atoms with Crippen LogP contribution in [0.5, 0.6) is 0 Å². The third-order valence-corrected chi connectivity index (χ3v) is 3.12. The lowest BCUT2D eigenvalue weighted by Crippen LogP contribution is -2.25. The fourth-order valence-electron chi connectivity index (χ4n) is 2.06. The summed E-state index contributed by atoms with van der Waals surface area (Å²) in [5, 5.41) is 28.9. The summed E-state index contributed by atoms with van der Waals surface area (Å²) in [5.41, 5.74) is 1.42. The Labute approximate surface area is 144 Å². The lowest BCUT2D eigenvalue weighted by Gasteiger charge is -2.07. The van der Waals surface area contributed by atoms with Crippen molar-refractivity contribution in [2.75, 3.05) is 26.4 Å². The number of hydrogen-bond donors (Lipinski definition) is 4. The van der Waals surface area contributed by atoms with E-state index in [-0.39, 0.29) is 38.6 Å². The molecule has 0 aromatic heterocycles. The van der Waals surface area contributed by atoms with Crippen LogP contribution in [0.4, 0.5) is 0 Å². The van der Waals surface area contributed by atoms with Gasteiger partial charge in [-0.2, -0.15) is 0 Å². The number of rotatable bonds is 11. The van der Waals surface area contributed by atoms with Crippen molar-refractivity contribution in [3.63, 3.8) is 0 Å². The van der Waals surface area contributed by atoms with E-state index in [1.54, 1.807) is 18.2 Å². The molecule has 4 N–H and O–H groups in total. The van der Waals surface area contributed by atoms with Crippen LogP contribution in [-0.2, 0) is 32.0 Å². The maximum absolute atomic E-state index is 11.6. The molecule has 0 unspecified atom stereocenters. The second-order valence-electron chi connectivity index (χ2n) is 5.13. The van der Waals surface area contributed by atoms with Crippen molar-refractivity contribution in [2.45, 2.75) is 12.8 Å². The second kappa shape index (κ2) is 11.0. The lowest BCUT2D eigenvalue weighted by molar-refractivity contribution is -0.137. The predicted molar refractivity (Wildman–Crippen MR) is 89.1 cm³/mol. The van der Waals surface area contributed by atoms with Crippen LogP contribution in [-0.4, -0.2) is 59.5 Å². The van der Waals surface area contributed by atoms with Gasteiger partial charge in [0.15, 0.2) is 0 Å². The topological polar surface area (TPSA) is 133 Å². The highest BCUT2D eigenvalue weighted by Crippen LogP contribution is 2.15. The Morgan fingerprint density at radius 3 is 2.36 bits per heavy atom. The van der Waals surface area contributed by atoms with E-state index in [9.17, 15) is 14.4 Å². The van der Waals surface area contributed by atoms with Gasteiger partial charge < -0.3 is 25.4 Å². The molecule has 25 heavy (non-hydrogen) atoms. The highest BCUT2D eigenvalue weighted by atomic mass is 16.5. The third kappa shape index (κ3) is 8.63. The number of benzene rings is 1. The fraction of sp³-hybridized carbons (Fsp3) is 0.353. The average molecular weight is 351 g/mol. The SMILES string of the molecule is O=C(O)Cc1ccc(/C=C/C(=O)NCCOCCO)cc1CC(=O)O. The molecule has 1 amide bonds. The number of carbonyl (C=O) groups is 3. The molecule has 0 fully saturated rings. The summed E-state index contributed by atoms with van der Waals surface area (Å²) >= 11 is 0. The van der Waals surface area contributed by atoms with Gasteiger partial charge in [0.1, 0.15) is 0 Å². The zero-order valence-corrected chi connectivity index (χ0v) is 13.6. The first kappa shape index (κ1) is 20.3. The van der Waals surface area contributed by atoms with Gasteiger partial charge in [-0.1, -0.05) is 18.2 Å². The van der Waals surface area contributed by atoms with Crippen molar-refractivity contribution in [1.29, 1.82) is 0 Å². The summed E-state index contributed by atoms with van der Waals surface area (Å²) in [7, 11) is 0. The molecule has 0 bridgehead atoms. The van der Waals surface area contributed by atoms with Crippen LogP contribution >= 0.6 is 0 Å². The molecule has 8 heteroatoms. The molecular weight excluding hydrogens is 330 g/mol. The van der Waals surface area contributed by atoms with E-state index in [4.69, 9.17) is 20.1 Å². The number of carbonyl (C=O) groups excluding carboxylic acids is 1. The lowest BCUT2D eigenvalue weighted by atomic mass is 9.98. The highest BCUT2D eigenvalue weighted by molar-refractivity contribution is 5.91. The number of ether oxygens (including phenoxy) is 1. The van der Waals surface area contributed by atoms with E-state index < -0.39 is 11.9 Å². The maximum atomic E-state index is 11.6. The molecule has 0 atom stereocenters. The first-order valence-corrected chi connectivity index (χ1v) is 7.62. The van der Waals surface area contributed by atoms with Crippen LogP contribution in [0.15, 0.2) is 24.3 Å². The van der Waals surface area contributed by atoms with Crippen LogP contribution < -0.4 is 5.32 Å². The van der Waals surface area contributed by atoms with Gasteiger partial charge in [0, 0.05) is 12.6 Å². The second-order valence-corrected chi connectivity index (χ2v) is 5.13. The van der Waals surface area contributed by atoms with Crippen LogP contribution in [0.1, 0.15) is 16.7 Å². The summed E-state index contributed by atoms with van der Waals surface area (Å²) in [6, 6.07) is 4.73. The van der Waals surface area contributed by atoms with Crippen LogP contribution in [0.2, 0.25) is 0 Å². The molecule has 0 aliphatic rings. The summed E-state index contributed by atoms with van der Waals surface area (Å²) < 4.78 is 5.00. The Morgan fingerprint density at radius 1 is 1.04 bits per heavy atom. The number of carboxylic acid groups (broad SMARTS) is 2. The molecular formula is C17H21NO7. The largest absolute Gasteiger partial charge is 0.481 e. The Balaban J connectivity index is 2.69. The smallest absolute Gasteiger partial charge is 0.307 e. The van der Waals surface area contributed by atoms with E-state index in [0.29, 0.717) is 23.2 Å². The normalized spacial score (nSPS) is 10.8. The molecule has 8 nitrogen and oxygen atoms in total. The van der Waals surface area contributed by atoms with Crippen LogP contribution in [0.3, 0.4) is 0 Å². The van der Waals surface area contributed by atoms with Gasteiger partial charge in [-0.3, -0.25) is 14.4 Å². The van der Waals surface area contributed by atoms with Crippen LogP contribution in [0.25, 0.3) is 6.08 Å². The number of aliphatic carboxylic acids is 2. The van der Waals surface area contributed by atoms with Gasteiger partial charge in [0.05, 0.1) is 32.7 Å². The maximum Gasteiger partial charge on any atom is 0.307 e. The number of aliphatic hydroxyl groups is 1. The molecule has 0 aliphatic carbocycles. The van der Waals surface area contributed by atoms with E-state index >= 15 is 0 Å². The number of amides is 1. The predicted octanol–water partition coefficient (Wildman–Crippen LogP) is 0.0791. The zero-order valence-electron chi connectivity index (χ0n) is 13.6. The van der Waals surface area contributed by atoms with Gasteiger partial charge in [0.2, 0.25) is 5.91 Å². The number of carboxylic acids is 2.